The summed E-state index contributed by atoms with van der Waals surface area (Å²) in [7, 11) is 0. The average Bonchev–Trinajstić information content (AvgIpc) is 2.86. The molecule has 1 heterocycles. The van der Waals surface area contributed by atoms with Crippen molar-refractivity contribution in [2.24, 2.45) is 0 Å². The lowest BCUT2D eigenvalue weighted by molar-refractivity contribution is 0.483. The summed E-state index contributed by atoms with van der Waals surface area (Å²) in [5.41, 5.74) is 0.533. The van der Waals surface area contributed by atoms with Crippen LogP contribution in [0.1, 0.15) is 26.2 Å². The number of halogens is 2. The monoisotopic (exact) mass is 297 g/mol. The van der Waals surface area contributed by atoms with Gasteiger partial charge in [-0.2, -0.15) is 0 Å². The molecule has 20 heavy (non-hydrogen) atoms. The van der Waals surface area contributed by atoms with Crippen molar-refractivity contribution >= 4 is 11.6 Å². The summed E-state index contributed by atoms with van der Waals surface area (Å²) in [4.78, 5) is 0. The molecule has 6 heteroatoms. The van der Waals surface area contributed by atoms with Gasteiger partial charge in [-0.3, -0.25) is 0 Å². The van der Waals surface area contributed by atoms with E-state index in [2.05, 4.69) is 29.4 Å². The predicted octanol–water partition coefficient (Wildman–Crippen LogP) is 3.46. The molecule has 108 valence electrons. The van der Waals surface area contributed by atoms with Crippen molar-refractivity contribution in [3.63, 3.8) is 0 Å². The van der Waals surface area contributed by atoms with Gasteiger partial charge >= 0.3 is 0 Å². The molecule has 0 spiro atoms. The highest BCUT2D eigenvalue weighted by molar-refractivity contribution is 6.30. The molecule has 1 aromatic carbocycles. The molecule has 0 amide bonds. The van der Waals surface area contributed by atoms with Crippen molar-refractivity contribution in [1.29, 1.82) is 0 Å². The van der Waals surface area contributed by atoms with Crippen LogP contribution in [0.5, 0.6) is 0 Å². The van der Waals surface area contributed by atoms with Crippen LogP contribution in [0.4, 0.5) is 4.39 Å². The minimum absolute atomic E-state index is 0.0771. The SMILES string of the molecule is CC(C)NCCCc1nnc(-c2ccc(Cl)c(F)c2)o1. The summed E-state index contributed by atoms with van der Waals surface area (Å²) in [6, 6.07) is 4.89. The zero-order valence-electron chi connectivity index (χ0n) is 11.5. The Balaban J connectivity index is 1.96. The lowest BCUT2D eigenvalue weighted by Crippen LogP contribution is -2.23. The van der Waals surface area contributed by atoms with Crippen molar-refractivity contribution in [2.75, 3.05) is 6.54 Å². The van der Waals surface area contributed by atoms with Gasteiger partial charge in [-0.25, -0.2) is 4.39 Å². The molecule has 4 nitrogen and oxygen atoms in total. The molecule has 0 fully saturated rings. The topological polar surface area (TPSA) is 51.0 Å². The Bertz CT molecular complexity index is 571. The quantitative estimate of drug-likeness (QED) is 0.830. The number of rotatable bonds is 6. The molecular formula is C14H17ClFN3O. The zero-order chi connectivity index (χ0) is 14.5. The maximum Gasteiger partial charge on any atom is 0.247 e. The number of nitrogens with one attached hydrogen (secondary N) is 1. The molecule has 0 saturated heterocycles. The van der Waals surface area contributed by atoms with Gasteiger partial charge in [0.15, 0.2) is 0 Å². The molecule has 1 N–H and O–H groups in total. The molecule has 0 aliphatic carbocycles. The first-order chi connectivity index (χ1) is 9.56. The number of hydrogen-bond acceptors (Lipinski definition) is 4. The van der Waals surface area contributed by atoms with Gasteiger partial charge < -0.3 is 9.73 Å². The predicted molar refractivity (Wildman–Crippen MR) is 76.2 cm³/mol. The smallest absolute Gasteiger partial charge is 0.247 e. The van der Waals surface area contributed by atoms with E-state index in [4.69, 9.17) is 16.0 Å². The lowest BCUT2D eigenvalue weighted by atomic mass is 10.2. The standard InChI is InChI=1S/C14H17ClFN3O/c1-9(2)17-7-3-4-13-18-19-14(20-13)10-5-6-11(15)12(16)8-10/h5-6,8-9,17H,3-4,7H2,1-2H3. The Morgan fingerprint density at radius 2 is 2.15 bits per heavy atom. The Labute approximate surface area is 122 Å². The normalized spacial score (nSPS) is 11.2. The third kappa shape index (κ3) is 4.02. The van der Waals surface area contributed by atoms with E-state index in [-0.39, 0.29) is 5.02 Å². The van der Waals surface area contributed by atoms with E-state index >= 15 is 0 Å². The van der Waals surface area contributed by atoms with E-state index in [1.807, 2.05) is 0 Å². The maximum atomic E-state index is 13.4. The number of aromatic nitrogens is 2. The number of hydrogen-bond donors (Lipinski definition) is 1. The fraction of sp³-hybridized carbons (Fsp3) is 0.429. The second-order valence-electron chi connectivity index (χ2n) is 4.84. The first-order valence-corrected chi connectivity index (χ1v) is 6.95. The van der Waals surface area contributed by atoms with Crippen LogP contribution in [-0.4, -0.2) is 22.8 Å². The van der Waals surface area contributed by atoms with Gasteiger partial charge in [0.1, 0.15) is 5.82 Å². The van der Waals surface area contributed by atoms with E-state index in [0.717, 1.165) is 13.0 Å². The summed E-state index contributed by atoms with van der Waals surface area (Å²) in [6.07, 6.45) is 1.61. The minimum atomic E-state index is -0.495. The van der Waals surface area contributed by atoms with Crippen LogP contribution in [0.15, 0.2) is 22.6 Å². The largest absolute Gasteiger partial charge is 0.421 e. The fourth-order valence-electron chi connectivity index (χ4n) is 1.73. The zero-order valence-corrected chi connectivity index (χ0v) is 12.2. The Hall–Kier alpha value is -1.46. The van der Waals surface area contributed by atoms with Gasteiger partial charge in [-0.15, -0.1) is 10.2 Å². The van der Waals surface area contributed by atoms with E-state index in [9.17, 15) is 4.39 Å². The maximum absolute atomic E-state index is 13.4. The Kier molecular flexibility index (Phi) is 5.09. The van der Waals surface area contributed by atoms with Crippen molar-refractivity contribution in [3.05, 3.63) is 34.9 Å². The summed E-state index contributed by atoms with van der Waals surface area (Å²) >= 11 is 5.63. The van der Waals surface area contributed by atoms with Crippen molar-refractivity contribution in [3.8, 4) is 11.5 Å². The van der Waals surface area contributed by atoms with E-state index in [0.29, 0.717) is 29.8 Å². The van der Waals surface area contributed by atoms with Crippen LogP contribution in [0.3, 0.4) is 0 Å². The Morgan fingerprint density at radius 3 is 2.85 bits per heavy atom. The van der Waals surface area contributed by atoms with Crippen LogP contribution >= 0.6 is 11.6 Å². The number of aryl methyl sites for hydroxylation is 1. The molecular weight excluding hydrogens is 281 g/mol. The highest BCUT2D eigenvalue weighted by Gasteiger charge is 2.10. The van der Waals surface area contributed by atoms with E-state index in [1.54, 1.807) is 6.07 Å². The molecule has 2 rings (SSSR count). The van der Waals surface area contributed by atoms with Gasteiger partial charge in [0, 0.05) is 18.0 Å². The van der Waals surface area contributed by atoms with Crippen LogP contribution < -0.4 is 5.32 Å². The third-order valence-electron chi connectivity index (χ3n) is 2.75. The summed E-state index contributed by atoms with van der Waals surface area (Å²) in [6.45, 7) is 5.09. The second-order valence-corrected chi connectivity index (χ2v) is 5.25. The van der Waals surface area contributed by atoms with Crippen molar-refractivity contribution < 1.29 is 8.81 Å². The Morgan fingerprint density at radius 1 is 1.35 bits per heavy atom. The van der Waals surface area contributed by atoms with E-state index < -0.39 is 5.82 Å². The first kappa shape index (κ1) is 14.9. The molecule has 0 radical (unpaired) electrons. The van der Waals surface area contributed by atoms with Crippen LogP contribution in [0, 0.1) is 5.82 Å². The highest BCUT2D eigenvalue weighted by Crippen LogP contribution is 2.23. The molecule has 0 atom stereocenters. The minimum Gasteiger partial charge on any atom is -0.421 e. The highest BCUT2D eigenvalue weighted by atomic mass is 35.5. The molecule has 2 aromatic rings. The molecule has 0 aliphatic rings. The molecule has 0 saturated carbocycles. The first-order valence-electron chi connectivity index (χ1n) is 6.57. The number of nitrogens with zero attached hydrogens (tertiary/aromatic N) is 2. The van der Waals surface area contributed by atoms with Gasteiger partial charge in [-0.05, 0) is 31.2 Å². The van der Waals surface area contributed by atoms with Crippen LogP contribution in [0.2, 0.25) is 5.02 Å². The van der Waals surface area contributed by atoms with Crippen molar-refractivity contribution in [2.45, 2.75) is 32.7 Å². The third-order valence-corrected chi connectivity index (χ3v) is 3.06. The molecule has 1 aromatic heterocycles. The number of benzene rings is 1. The summed E-state index contributed by atoms with van der Waals surface area (Å²) in [5, 5.41) is 11.3. The molecule has 0 bridgehead atoms. The summed E-state index contributed by atoms with van der Waals surface area (Å²) < 4.78 is 18.9. The lowest BCUT2D eigenvalue weighted by Gasteiger charge is -2.05. The van der Waals surface area contributed by atoms with Gasteiger partial charge in [-0.1, -0.05) is 25.4 Å². The summed E-state index contributed by atoms with van der Waals surface area (Å²) in [5.74, 6) is 0.373. The van der Waals surface area contributed by atoms with Crippen LogP contribution in [-0.2, 0) is 6.42 Å². The van der Waals surface area contributed by atoms with Crippen LogP contribution in [0.25, 0.3) is 11.5 Å². The van der Waals surface area contributed by atoms with Gasteiger partial charge in [0.05, 0.1) is 5.02 Å². The second kappa shape index (κ2) is 6.81. The van der Waals surface area contributed by atoms with Gasteiger partial charge in [0.25, 0.3) is 0 Å². The van der Waals surface area contributed by atoms with E-state index in [1.165, 1.54) is 12.1 Å². The molecule has 0 unspecified atom stereocenters. The average molecular weight is 298 g/mol. The fourth-order valence-corrected chi connectivity index (χ4v) is 1.85. The van der Waals surface area contributed by atoms with Crippen molar-refractivity contribution in [1.82, 2.24) is 15.5 Å². The molecule has 0 aliphatic heterocycles. The van der Waals surface area contributed by atoms with Gasteiger partial charge in [0.2, 0.25) is 11.8 Å².